The predicted molar refractivity (Wildman–Crippen MR) is 77.0 cm³/mol. The number of amides is 1. The zero-order chi connectivity index (χ0) is 14.7. The standard InChI is InChI=1S/C14H17ClN2O3/c1-2-10-5-7-16(8-6-10)14(18)12-9-11(17(19)20)3-4-13(12)15/h3-4,9-10H,2,5-8H2,1H3. The normalized spacial score (nSPS) is 16.2. The first-order chi connectivity index (χ1) is 9.52. The molecule has 0 unspecified atom stereocenters. The van der Waals surface area contributed by atoms with Gasteiger partial charge in [0, 0.05) is 25.2 Å². The smallest absolute Gasteiger partial charge is 0.270 e. The summed E-state index contributed by atoms with van der Waals surface area (Å²) in [6, 6.07) is 3.98. The summed E-state index contributed by atoms with van der Waals surface area (Å²) in [5.41, 5.74) is 0.108. The Hall–Kier alpha value is -1.62. The van der Waals surface area contributed by atoms with Crippen LogP contribution in [0.15, 0.2) is 18.2 Å². The molecule has 1 fully saturated rings. The first kappa shape index (κ1) is 14.8. The van der Waals surface area contributed by atoms with Crippen molar-refractivity contribution in [2.45, 2.75) is 26.2 Å². The Bertz CT molecular complexity index is 525. The molecule has 0 aromatic heterocycles. The number of benzene rings is 1. The lowest BCUT2D eigenvalue weighted by Crippen LogP contribution is -2.38. The largest absolute Gasteiger partial charge is 0.339 e. The quantitative estimate of drug-likeness (QED) is 0.633. The van der Waals surface area contributed by atoms with Crippen molar-refractivity contribution in [1.82, 2.24) is 4.90 Å². The minimum atomic E-state index is -0.517. The molecule has 5 nitrogen and oxygen atoms in total. The maximum Gasteiger partial charge on any atom is 0.270 e. The highest BCUT2D eigenvalue weighted by atomic mass is 35.5. The molecular formula is C14H17ClN2O3. The van der Waals surface area contributed by atoms with Crippen molar-refractivity contribution in [3.8, 4) is 0 Å². The van der Waals surface area contributed by atoms with Gasteiger partial charge in [0.25, 0.3) is 11.6 Å². The van der Waals surface area contributed by atoms with Crippen LogP contribution in [0.4, 0.5) is 5.69 Å². The van der Waals surface area contributed by atoms with Crippen LogP contribution in [-0.2, 0) is 0 Å². The maximum absolute atomic E-state index is 12.4. The summed E-state index contributed by atoms with van der Waals surface area (Å²) >= 11 is 6.00. The first-order valence-corrected chi connectivity index (χ1v) is 7.14. The monoisotopic (exact) mass is 296 g/mol. The van der Waals surface area contributed by atoms with Crippen LogP contribution in [0, 0.1) is 16.0 Å². The maximum atomic E-state index is 12.4. The van der Waals surface area contributed by atoms with Crippen molar-refractivity contribution in [1.29, 1.82) is 0 Å². The van der Waals surface area contributed by atoms with Gasteiger partial charge in [-0.25, -0.2) is 0 Å². The Morgan fingerprint density at radius 1 is 1.45 bits per heavy atom. The number of halogens is 1. The van der Waals surface area contributed by atoms with Gasteiger partial charge in [-0.1, -0.05) is 24.9 Å². The Morgan fingerprint density at radius 3 is 2.65 bits per heavy atom. The summed E-state index contributed by atoms with van der Waals surface area (Å²) in [6.45, 7) is 3.53. The SMILES string of the molecule is CCC1CCN(C(=O)c2cc([N+](=O)[O-])ccc2Cl)CC1. The molecule has 0 spiro atoms. The number of nitro benzene ring substituents is 1. The molecule has 0 N–H and O–H groups in total. The number of non-ortho nitro benzene ring substituents is 1. The van der Waals surface area contributed by atoms with E-state index < -0.39 is 4.92 Å². The van der Waals surface area contributed by atoms with Crippen LogP contribution in [0.25, 0.3) is 0 Å². The van der Waals surface area contributed by atoms with E-state index in [1.54, 1.807) is 4.90 Å². The summed E-state index contributed by atoms with van der Waals surface area (Å²) in [4.78, 5) is 24.4. The molecule has 0 bridgehead atoms. The number of carbonyl (C=O) groups excluding carboxylic acids is 1. The van der Waals surface area contributed by atoms with Gasteiger partial charge in [0.15, 0.2) is 0 Å². The van der Waals surface area contributed by atoms with Crippen molar-refractivity contribution in [3.63, 3.8) is 0 Å². The van der Waals surface area contributed by atoms with Gasteiger partial charge in [-0.05, 0) is 24.8 Å². The molecule has 1 amide bonds. The van der Waals surface area contributed by atoms with Crippen LogP contribution in [-0.4, -0.2) is 28.8 Å². The van der Waals surface area contributed by atoms with Gasteiger partial charge in [-0.3, -0.25) is 14.9 Å². The number of nitrogens with zero attached hydrogens (tertiary/aromatic N) is 2. The van der Waals surface area contributed by atoms with Gasteiger partial charge in [0.2, 0.25) is 0 Å². The van der Waals surface area contributed by atoms with Crippen LogP contribution >= 0.6 is 11.6 Å². The van der Waals surface area contributed by atoms with Crippen LogP contribution in [0.5, 0.6) is 0 Å². The Kier molecular flexibility index (Phi) is 4.60. The molecule has 0 atom stereocenters. The highest BCUT2D eigenvalue weighted by Crippen LogP contribution is 2.26. The van der Waals surface area contributed by atoms with E-state index in [4.69, 9.17) is 11.6 Å². The molecule has 1 saturated heterocycles. The first-order valence-electron chi connectivity index (χ1n) is 6.76. The second-order valence-electron chi connectivity index (χ2n) is 5.07. The molecular weight excluding hydrogens is 280 g/mol. The van der Waals surface area contributed by atoms with Crippen molar-refractivity contribution in [2.24, 2.45) is 5.92 Å². The molecule has 108 valence electrons. The third kappa shape index (κ3) is 3.10. The zero-order valence-electron chi connectivity index (χ0n) is 11.3. The lowest BCUT2D eigenvalue weighted by molar-refractivity contribution is -0.384. The molecule has 2 rings (SSSR count). The Morgan fingerprint density at radius 2 is 2.10 bits per heavy atom. The van der Waals surface area contributed by atoms with Gasteiger partial charge < -0.3 is 4.90 Å². The third-order valence-corrected chi connectivity index (χ3v) is 4.20. The second-order valence-corrected chi connectivity index (χ2v) is 5.47. The van der Waals surface area contributed by atoms with E-state index in [9.17, 15) is 14.9 Å². The van der Waals surface area contributed by atoms with Crippen LogP contribution < -0.4 is 0 Å². The van der Waals surface area contributed by atoms with E-state index in [2.05, 4.69) is 6.92 Å². The van der Waals surface area contributed by atoms with Gasteiger partial charge >= 0.3 is 0 Å². The summed E-state index contributed by atoms with van der Waals surface area (Å²) < 4.78 is 0. The molecule has 6 heteroatoms. The number of carbonyl (C=O) groups is 1. The van der Waals surface area contributed by atoms with E-state index in [1.165, 1.54) is 18.2 Å². The highest BCUT2D eigenvalue weighted by Gasteiger charge is 2.25. The van der Waals surface area contributed by atoms with Crippen molar-refractivity contribution >= 4 is 23.2 Å². The fraction of sp³-hybridized carbons (Fsp3) is 0.500. The lowest BCUT2D eigenvalue weighted by atomic mass is 9.94. The molecule has 1 aliphatic rings. The number of likely N-dealkylation sites (tertiary alicyclic amines) is 1. The average Bonchev–Trinajstić information content (AvgIpc) is 2.47. The minimum absolute atomic E-state index is 0.110. The predicted octanol–water partition coefficient (Wildman–Crippen LogP) is 3.51. The van der Waals surface area contributed by atoms with Gasteiger partial charge in [-0.2, -0.15) is 0 Å². The van der Waals surface area contributed by atoms with Gasteiger partial charge in [-0.15, -0.1) is 0 Å². The van der Waals surface area contributed by atoms with E-state index >= 15 is 0 Å². The molecule has 0 radical (unpaired) electrons. The number of rotatable bonds is 3. The minimum Gasteiger partial charge on any atom is -0.339 e. The van der Waals surface area contributed by atoms with Gasteiger partial charge in [0.1, 0.15) is 0 Å². The highest BCUT2D eigenvalue weighted by molar-refractivity contribution is 6.33. The lowest BCUT2D eigenvalue weighted by Gasteiger charge is -2.31. The van der Waals surface area contributed by atoms with E-state index in [-0.39, 0.29) is 22.2 Å². The van der Waals surface area contributed by atoms with Crippen molar-refractivity contribution in [2.75, 3.05) is 13.1 Å². The number of nitro groups is 1. The fourth-order valence-corrected chi connectivity index (χ4v) is 2.70. The zero-order valence-corrected chi connectivity index (χ0v) is 12.1. The average molecular weight is 297 g/mol. The van der Waals surface area contributed by atoms with Crippen molar-refractivity contribution in [3.05, 3.63) is 38.9 Å². The van der Waals surface area contributed by atoms with Crippen LogP contribution in [0.2, 0.25) is 5.02 Å². The Labute approximate surface area is 122 Å². The molecule has 1 aromatic rings. The fourth-order valence-electron chi connectivity index (χ4n) is 2.51. The summed E-state index contributed by atoms with van der Waals surface area (Å²) in [6.07, 6.45) is 3.09. The van der Waals surface area contributed by atoms with E-state index in [0.717, 1.165) is 19.3 Å². The van der Waals surface area contributed by atoms with E-state index in [0.29, 0.717) is 19.0 Å². The molecule has 1 heterocycles. The van der Waals surface area contributed by atoms with Gasteiger partial charge in [0.05, 0.1) is 15.5 Å². The molecule has 1 aliphatic heterocycles. The topological polar surface area (TPSA) is 63.5 Å². The second kappa shape index (κ2) is 6.22. The molecule has 20 heavy (non-hydrogen) atoms. The Balaban J connectivity index is 2.17. The van der Waals surface area contributed by atoms with E-state index in [1.807, 2.05) is 0 Å². The molecule has 0 saturated carbocycles. The molecule has 1 aromatic carbocycles. The molecule has 0 aliphatic carbocycles. The number of hydrogen-bond acceptors (Lipinski definition) is 3. The summed E-state index contributed by atoms with van der Waals surface area (Å²) in [7, 11) is 0. The van der Waals surface area contributed by atoms with Crippen LogP contribution in [0.1, 0.15) is 36.5 Å². The third-order valence-electron chi connectivity index (χ3n) is 3.87. The number of hydrogen-bond donors (Lipinski definition) is 0. The van der Waals surface area contributed by atoms with Crippen LogP contribution in [0.3, 0.4) is 0 Å². The van der Waals surface area contributed by atoms with Crippen molar-refractivity contribution < 1.29 is 9.72 Å². The summed E-state index contributed by atoms with van der Waals surface area (Å²) in [5.74, 6) is 0.452. The summed E-state index contributed by atoms with van der Waals surface area (Å²) in [5, 5.41) is 11.0. The number of piperidine rings is 1.